The number of aromatic nitrogens is 2. The van der Waals surface area contributed by atoms with Gasteiger partial charge in [-0.05, 0) is 31.2 Å². The highest BCUT2D eigenvalue weighted by Crippen LogP contribution is 2.18. The Morgan fingerprint density at radius 3 is 2.57 bits per heavy atom. The van der Waals surface area contributed by atoms with Crippen molar-refractivity contribution < 1.29 is 4.74 Å². The zero-order valence-corrected chi connectivity index (χ0v) is 13.9. The largest absolute Gasteiger partial charge is 0.492 e. The van der Waals surface area contributed by atoms with Gasteiger partial charge in [-0.2, -0.15) is 9.64 Å². The molecule has 0 atom stereocenters. The number of nitrogens with zero attached hydrogens (tertiary/aromatic N) is 5. The summed E-state index contributed by atoms with van der Waals surface area (Å²) >= 11 is 1.47. The van der Waals surface area contributed by atoms with E-state index in [1.54, 1.807) is 12.1 Å². The number of piperazine rings is 1. The van der Waals surface area contributed by atoms with E-state index in [1.165, 1.54) is 11.5 Å². The highest BCUT2D eigenvalue weighted by atomic mass is 32.1. The van der Waals surface area contributed by atoms with Gasteiger partial charge in [0.1, 0.15) is 18.2 Å². The first-order valence-electron chi connectivity index (χ1n) is 7.65. The van der Waals surface area contributed by atoms with Crippen molar-refractivity contribution in [2.45, 2.75) is 6.92 Å². The van der Waals surface area contributed by atoms with Crippen LogP contribution in [-0.4, -0.2) is 53.6 Å². The lowest BCUT2D eigenvalue weighted by atomic mass is 10.2. The van der Waals surface area contributed by atoms with Crippen molar-refractivity contribution in [2.24, 2.45) is 0 Å². The maximum atomic E-state index is 8.77. The highest BCUT2D eigenvalue weighted by Gasteiger charge is 2.19. The van der Waals surface area contributed by atoms with Crippen LogP contribution in [0.15, 0.2) is 24.3 Å². The first-order chi connectivity index (χ1) is 11.2. The van der Waals surface area contributed by atoms with Crippen LogP contribution in [0, 0.1) is 18.3 Å². The second kappa shape index (κ2) is 7.40. The van der Waals surface area contributed by atoms with Crippen LogP contribution in [0.25, 0.3) is 0 Å². The molecule has 6 nitrogen and oxygen atoms in total. The Hall–Kier alpha value is -2.17. The van der Waals surface area contributed by atoms with E-state index >= 15 is 0 Å². The van der Waals surface area contributed by atoms with Crippen LogP contribution < -0.4 is 9.64 Å². The first kappa shape index (κ1) is 15.7. The van der Waals surface area contributed by atoms with E-state index in [4.69, 9.17) is 10.00 Å². The molecule has 1 saturated heterocycles. The summed E-state index contributed by atoms with van der Waals surface area (Å²) in [5.41, 5.74) is 0.653. The van der Waals surface area contributed by atoms with Gasteiger partial charge in [-0.25, -0.2) is 4.98 Å². The summed E-state index contributed by atoms with van der Waals surface area (Å²) in [4.78, 5) is 9.13. The molecule has 120 valence electrons. The predicted molar refractivity (Wildman–Crippen MR) is 90.0 cm³/mol. The Labute approximate surface area is 140 Å². The molecule has 7 heteroatoms. The molecule has 0 spiro atoms. The number of aryl methyl sites for hydroxylation is 1. The average molecular weight is 329 g/mol. The summed E-state index contributed by atoms with van der Waals surface area (Å²) in [6.07, 6.45) is 0. The standard InChI is InChI=1S/C16H19N5OS/c1-13-18-16(23-19-13)21-8-6-20(7-9-21)10-11-22-15-4-2-14(12-17)3-5-15/h2-5H,6-11H2,1H3. The molecule has 0 bridgehead atoms. The van der Waals surface area contributed by atoms with E-state index in [1.807, 2.05) is 19.1 Å². The molecular formula is C16H19N5OS. The quantitative estimate of drug-likeness (QED) is 0.835. The molecule has 23 heavy (non-hydrogen) atoms. The third-order valence-corrected chi connectivity index (χ3v) is 4.69. The van der Waals surface area contributed by atoms with Crippen LogP contribution in [-0.2, 0) is 0 Å². The van der Waals surface area contributed by atoms with Gasteiger partial charge < -0.3 is 9.64 Å². The lowest BCUT2D eigenvalue weighted by molar-refractivity contribution is 0.200. The van der Waals surface area contributed by atoms with Crippen molar-refractivity contribution in [3.05, 3.63) is 35.7 Å². The molecule has 0 aliphatic carbocycles. The summed E-state index contributed by atoms with van der Waals surface area (Å²) < 4.78 is 9.98. The van der Waals surface area contributed by atoms with Gasteiger partial charge in [-0.1, -0.05) is 0 Å². The van der Waals surface area contributed by atoms with Crippen molar-refractivity contribution in [1.82, 2.24) is 14.3 Å². The van der Waals surface area contributed by atoms with Gasteiger partial charge in [0, 0.05) is 44.3 Å². The minimum absolute atomic E-state index is 0.653. The predicted octanol–water partition coefficient (Wildman–Crippen LogP) is 1.92. The van der Waals surface area contributed by atoms with E-state index in [0.717, 1.165) is 49.4 Å². The van der Waals surface area contributed by atoms with Crippen LogP contribution in [0.3, 0.4) is 0 Å². The smallest absolute Gasteiger partial charge is 0.205 e. The molecule has 1 aromatic heterocycles. The van der Waals surface area contributed by atoms with E-state index in [2.05, 4.69) is 25.2 Å². The number of nitriles is 1. The van der Waals surface area contributed by atoms with E-state index in [-0.39, 0.29) is 0 Å². The Morgan fingerprint density at radius 2 is 1.96 bits per heavy atom. The topological polar surface area (TPSA) is 65.3 Å². The van der Waals surface area contributed by atoms with Gasteiger partial charge in [0.15, 0.2) is 0 Å². The lowest BCUT2D eigenvalue weighted by Crippen LogP contribution is -2.47. The van der Waals surface area contributed by atoms with Crippen LogP contribution in [0.4, 0.5) is 5.13 Å². The van der Waals surface area contributed by atoms with Crippen molar-refractivity contribution in [3.63, 3.8) is 0 Å². The molecule has 2 heterocycles. The molecule has 3 rings (SSSR count). The molecule has 1 aliphatic rings. The fraction of sp³-hybridized carbons (Fsp3) is 0.438. The fourth-order valence-electron chi connectivity index (χ4n) is 2.50. The van der Waals surface area contributed by atoms with Crippen LogP contribution in [0.2, 0.25) is 0 Å². The number of hydrogen-bond acceptors (Lipinski definition) is 7. The zero-order valence-electron chi connectivity index (χ0n) is 13.1. The second-order valence-corrected chi connectivity index (χ2v) is 6.17. The van der Waals surface area contributed by atoms with Crippen molar-refractivity contribution >= 4 is 16.7 Å². The molecular weight excluding hydrogens is 310 g/mol. The third kappa shape index (κ3) is 4.18. The Balaban J connectivity index is 1.40. The van der Waals surface area contributed by atoms with Gasteiger partial charge >= 0.3 is 0 Å². The van der Waals surface area contributed by atoms with Gasteiger partial charge in [0.05, 0.1) is 11.6 Å². The molecule has 1 aliphatic heterocycles. The van der Waals surface area contributed by atoms with Crippen molar-refractivity contribution in [2.75, 3.05) is 44.2 Å². The van der Waals surface area contributed by atoms with Crippen molar-refractivity contribution in [1.29, 1.82) is 5.26 Å². The van der Waals surface area contributed by atoms with Gasteiger partial charge in [0.25, 0.3) is 0 Å². The molecule has 0 amide bonds. The number of ether oxygens (including phenoxy) is 1. The average Bonchev–Trinajstić information content (AvgIpc) is 3.03. The number of hydrogen-bond donors (Lipinski definition) is 0. The molecule has 0 N–H and O–H groups in total. The molecule has 2 aromatic rings. The molecule has 0 radical (unpaired) electrons. The molecule has 0 saturated carbocycles. The normalized spacial score (nSPS) is 15.4. The molecule has 1 fully saturated rings. The Morgan fingerprint density at radius 1 is 1.22 bits per heavy atom. The van der Waals surface area contributed by atoms with Gasteiger partial charge in [-0.15, -0.1) is 0 Å². The van der Waals surface area contributed by atoms with Gasteiger partial charge in [0.2, 0.25) is 5.13 Å². The highest BCUT2D eigenvalue weighted by molar-refractivity contribution is 7.09. The second-order valence-electron chi connectivity index (χ2n) is 5.44. The van der Waals surface area contributed by atoms with Crippen LogP contribution >= 0.6 is 11.5 Å². The lowest BCUT2D eigenvalue weighted by Gasteiger charge is -2.34. The minimum Gasteiger partial charge on any atom is -0.492 e. The van der Waals surface area contributed by atoms with Gasteiger partial charge in [-0.3, -0.25) is 4.90 Å². The fourth-order valence-corrected chi connectivity index (χ4v) is 3.22. The minimum atomic E-state index is 0.653. The van der Waals surface area contributed by atoms with Crippen molar-refractivity contribution in [3.8, 4) is 11.8 Å². The summed E-state index contributed by atoms with van der Waals surface area (Å²) in [6.45, 7) is 7.46. The third-order valence-electron chi connectivity index (χ3n) is 3.82. The first-order valence-corrected chi connectivity index (χ1v) is 8.42. The summed E-state index contributed by atoms with van der Waals surface area (Å²) in [7, 11) is 0. The monoisotopic (exact) mass is 329 g/mol. The zero-order chi connectivity index (χ0) is 16.1. The van der Waals surface area contributed by atoms with E-state index in [9.17, 15) is 0 Å². The van der Waals surface area contributed by atoms with E-state index in [0.29, 0.717) is 12.2 Å². The number of rotatable bonds is 5. The Kier molecular flexibility index (Phi) is 5.05. The molecule has 0 unspecified atom stereocenters. The summed E-state index contributed by atoms with van der Waals surface area (Å²) in [5, 5.41) is 9.79. The SMILES string of the molecule is Cc1nsc(N2CCN(CCOc3ccc(C#N)cc3)CC2)n1. The maximum Gasteiger partial charge on any atom is 0.205 e. The van der Waals surface area contributed by atoms with Crippen LogP contribution in [0.1, 0.15) is 11.4 Å². The molecule has 1 aromatic carbocycles. The number of anilines is 1. The summed E-state index contributed by atoms with van der Waals surface area (Å²) in [5.74, 6) is 1.66. The van der Waals surface area contributed by atoms with Crippen LogP contribution in [0.5, 0.6) is 5.75 Å². The number of benzene rings is 1. The summed E-state index contributed by atoms with van der Waals surface area (Å²) in [6, 6.07) is 9.34. The Bertz CT molecular complexity index is 671. The van der Waals surface area contributed by atoms with E-state index < -0.39 is 0 Å². The maximum absolute atomic E-state index is 8.77.